The van der Waals surface area contributed by atoms with Crippen LogP contribution in [0, 0.1) is 6.92 Å². The number of anilines is 1. The number of aryl methyl sites for hydroxylation is 1. The number of nitrogens with one attached hydrogen (secondary N) is 1. The molecule has 152 valence electrons. The van der Waals surface area contributed by atoms with Crippen LogP contribution in [0.4, 0.5) is 5.69 Å². The zero-order chi connectivity index (χ0) is 21.1. The Morgan fingerprint density at radius 3 is 2.83 bits per heavy atom. The second-order valence-electron chi connectivity index (χ2n) is 7.33. The first-order valence-corrected chi connectivity index (χ1v) is 9.71. The summed E-state index contributed by atoms with van der Waals surface area (Å²) in [6.07, 6.45) is 3.48. The van der Waals surface area contributed by atoms with Crippen LogP contribution in [0.15, 0.2) is 59.4 Å². The van der Waals surface area contributed by atoms with Crippen LogP contribution in [0.5, 0.6) is 5.75 Å². The predicted molar refractivity (Wildman–Crippen MR) is 114 cm³/mol. The Bertz CT molecular complexity index is 1190. The van der Waals surface area contributed by atoms with Crippen molar-refractivity contribution in [3.8, 4) is 5.75 Å². The highest BCUT2D eigenvalue weighted by atomic mass is 16.5. The van der Waals surface area contributed by atoms with Crippen molar-refractivity contribution in [2.45, 2.75) is 33.3 Å². The van der Waals surface area contributed by atoms with Gasteiger partial charge >= 0.3 is 0 Å². The normalized spacial score (nSPS) is 11.1. The number of carbonyl (C=O) groups excluding carboxylic acids is 1. The molecule has 0 aliphatic rings. The number of hydrogen-bond donors (Lipinski definition) is 1. The van der Waals surface area contributed by atoms with E-state index >= 15 is 0 Å². The number of nitrogens with zero attached hydrogens (tertiary/aromatic N) is 3. The predicted octanol–water partition coefficient (Wildman–Crippen LogP) is 4.88. The fourth-order valence-electron chi connectivity index (χ4n) is 3.10. The standard InChI is InChI=1S/C23H22N4O3/c1-14(2)20-11-19(21-15(3)27-30-23(21)26-20)22(28)25-17-7-4-8-18(10-17)29-13-16-6-5-9-24-12-16/h4-12,14H,13H2,1-3H3,(H,25,28). The summed E-state index contributed by atoms with van der Waals surface area (Å²) in [6, 6.07) is 12.9. The van der Waals surface area contributed by atoms with Crippen molar-refractivity contribution in [1.29, 1.82) is 0 Å². The minimum Gasteiger partial charge on any atom is -0.489 e. The summed E-state index contributed by atoms with van der Waals surface area (Å²) < 4.78 is 11.1. The van der Waals surface area contributed by atoms with E-state index in [-0.39, 0.29) is 11.8 Å². The molecular weight excluding hydrogens is 380 g/mol. The summed E-state index contributed by atoms with van der Waals surface area (Å²) in [7, 11) is 0. The number of hydrogen-bond acceptors (Lipinski definition) is 6. The van der Waals surface area contributed by atoms with Gasteiger partial charge in [0, 0.05) is 35.4 Å². The van der Waals surface area contributed by atoms with E-state index in [2.05, 4.69) is 20.4 Å². The Labute approximate surface area is 174 Å². The third-order valence-corrected chi connectivity index (χ3v) is 4.69. The van der Waals surface area contributed by atoms with Gasteiger partial charge in [0.25, 0.3) is 11.6 Å². The van der Waals surface area contributed by atoms with Crippen LogP contribution in [-0.2, 0) is 6.61 Å². The Kier molecular flexibility index (Phi) is 5.43. The molecule has 4 rings (SSSR count). The SMILES string of the molecule is Cc1noc2nc(C(C)C)cc(C(=O)Nc3cccc(OCc4cccnc4)c3)c12. The summed E-state index contributed by atoms with van der Waals surface area (Å²) in [6.45, 7) is 6.23. The highest BCUT2D eigenvalue weighted by Crippen LogP contribution is 2.26. The van der Waals surface area contributed by atoms with Crippen molar-refractivity contribution < 1.29 is 14.1 Å². The third-order valence-electron chi connectivity index (χ3n) is 4.69. The Morgan fingerprint density at radius 1 is 1.20 bits per heavy atom. The van der Waals surface area contributed by atoms with Gasteiger partial charge in [-0.2, -0.15) is 0 Å². The lowest BCUT2D eigenvalue weighted by molar-refractivity contribution is 0.102. The zero-order valence-electron chi connectivity index (χ0n) is 17.0. The summed E-state index contributed by atoms with van der Waals surface area (Å²) in [5.41, 5.74) is 3.87. The number of benzene rings is 1. The molecule has 0 unspecified atom stereocenters. The first-order valence-electron chi connectivity index (χ1n) is 9.71. The highest BCUT2D eigenvalue weighted by molar-refractivity contribution is 6.12. The van der Waals surface area contributed by atoms with Gasteiger partial charge < -0.3 is 14.6 Å². The molecule has 1 amide bonds. The van der Waals surface area contributed by atoms with Crippen molar-refractivity contribution >= 4 is 22.7 Å². The first kappa shape index (κ1) is 19.6. The summed E-state index contributed by atoms with van der Waals surface area (Å²) in [5.74, 6) is 0.552. The molecule has 0 radical (unpaired) electrons. The Balaban J connectivity index is 1.56. The van der Waals surface area contributed by atoms with E-state index in [1.807, 2.05) is 44.2 Å². The van der Waals surface area contributed by atoms with Gasteiger partial charge in [0.1, 0.15) is 12.4 Å². The van der Waals surface area contributed by atoms with Crippen molar-refractivity contribution in [2.75, 3.05) is 5.32 Å². The van der Waals surface area contributed by atoms with E-state index in [0.29, 0.717) is 40.4 Å². The van der Waals surface area contributed by atoms with Crippen molar-refractivity contribution in [2.24, 2.45) is 0 Å². The molecule has 0 fully saturated rings. The molecule has 30 heavy (non-hydrogen) atoms. The molecule has 4 aromatic rings. The highest BCUT2D eigenvalue weighted by Gasteiger charge is 2.20. The second-order valence-corrected chi connectivity index (χ2v) is 7.33. The number of carbonyl (C=O) groups is 1. The van der Waals surface area contributed by atoms with E-state index in [1.165, 1.54) is 0 Å². The van der Waals surface area contributed by atoms with Gasteiger partial charge in [-0.1, -0.05) is 31.1 Å². The zero-order valence-corrected chi connectivity index (χ0v) is 17.0. The summed E-state index contributed by atoms with van der Waals surface area (Å²) in [5, 5.41) is 7.54. The molecule has 0 saturated heterocycles. The van der Waals surface area contributed by atoms with Gasteiger partial charge in [0.15, 0.2) is 0 Å². The van der Waals surface area contributed by atoms with E-state index in [9.17, 15) is 4.79 Å². The van der Waals surface area contributed by atoms with Gasteiger partial charge in [0.2, 0.25) is 0 Å². The molecule has 7 heteroatoms. The van der Waals surface area contributed by atoms with Crippen LogP contribution in [0.25, 0.3) is 11.1 Å². The van der Waals surface area contributed by atoms with Crippen molar-refractivity contribution in [3.05, 3.63) is 77.4 Å². The van der Waals surface area contributed by atoms with Crippen LogP contribution < -0.4 is 10.1 Å². The number of fused-ring (bicyclic) bond motifs is 1. The molecule has 3 aromatic heterocycles. The Morgan fingerprint density at radius 2 is 2.07 bits per heavy atom. The van der Waals surface area contributed by atoms with Gasteiger partial charge in [-0.3, -0.25) is 9.78 Å². The molecule has 0 spiro atoms. The lowest BCUT2D eigenvalue weighted by Crippen LogP contribution is -2.14. The second kappa shape index (κ2) is 8.32. The number of aromatic nitrogens is 3. The fourth-order valence-corrected chi connectivity index (χ4v) is 3.10. The van der Waals surface area contributed by atoms with E-state index in [4.69, 9.17) is 9.26 Å². The topological polar surface area (TPSA) is 90.1 Å². The summed E-state index contributed by atoms with van der Waals surface area (Å²) >= 11 is 0. The van der Waals surface area contributed by atoms with Crippen LogP contribution in [0.1, 0.15) is 47.1 Å². The lowest BCUT2D eigenvalue weighted by Gasteiger charge is -2.11. The minimum atomic E-state index is -0.250. The van der Waals surface area contributed by atoms with Crippen molar-refractivity contribution in [1.82, 2.24) is 15.1 Å². The fraction of sp³-hybridized carbons (Fsp3) is 0.217. The number of amides is 1. The molecule has 0 atom stereocenters. The monoisotopic (exact) mass is 402 g/mol. The van der Waals surface area contributed by atoms with Crippen LogP contribution in [0.2, 0.25) is 0 Å². The smallest absolute Gasteiger partial charge is 0.259 e. The first-order chi connectivity index (χ1) is 14.5. The van der Waals surface area contributed by atoms with E-state index in [0.717, 1.165) is 11.3 Å². The van der Waals surface area contributed by atoms with Crippen LogP contribution >= 0.6 is 0 Å². The van der Waals surface area contributed by atoms with E-state index < -0.39 is 0 Å². The molecular formula is C23H22N4O3. The number of rotatable bonds is 6. The van der Waals surface area contributed by atoms with Gasteiger partial charge in [-0.25, -0.2) is 4.98 Å². The maximum absolute atomic E-state index is 13.1. The number of pyridine rings is 2. The quantitative estimate of drug-likeness (QED) is 0.494. The average molecular weight is 402 g/mol. The van der Waals surface area contributed by atoms with Gasteiger partial charge in [-0.05, 0) is 37.1 Å². The molecule has 0 aliphatic carbocycles. The molecule has 3 heterocycles. The van der Waals surface area contributed by atoms with Gasteiger partial charge in [0.05, 0.1) is 16.6 Å². The number of ether oxygens (including phenoxy) is 1. The van der Waals surface area contributed by atoms with Crippen LogP contribution in [0.3, 0.4) is 0 Å². The summed E-state index contributed by atoms with van der Waals surface area (Å²) in [4.78, 5) is 21.6. The average Bonchev–Trinajstić information content (AvgIpc) is 3.13. The lowest BCUT2D eigenvalue weighted by atomic mass is 10.0. The third kappa shape index (κ3) is 4.15. The van der Waals surface area contributed by atoms with Gasteiger partial charge in [-0.15, -0.1) is 0 Å². The minimum absolute atomic E-state index is 0.149. The molecule has 0 saturated carbocycles. The van der Waals surface area contributed by atoms with Crippen molar-refractivity contribution in [3.63, 3.8) is 0 Å². The largest absolute Gasteiger partial charge is 0.489 e. The molecule has 0 bridgehead atoms. The maximum Gasteiger partial charge on any atom is 0.259 e. The maximum atomic E-state index is 13.1. The molecule has 1 N–H and O–H groups in total. The molecule has 1 aromatic carbocycles. The molecule has 7 nitrogen and oxygen atoms in total. The molecule has 0 aliphatic heterocycles. The Hall–Kier alpha value is -3.74. The van der Waals surface area contributed by atoms with E-state index in [1.54, 1.807) is 31.5 Å². The van der Waals surface area contributed by atoms with Crippen LogP contribution in [-0.4, -0.2) is 21.0 Å².